The third kappa shape index (κ3) is 1.50. The average Bonchev–Trinajstić information content (AvgIpc) is 2.85. The van der Waals surface area contributed by atoms with E-state index in [1.54, 1.807) is 0 Å². The molecular formula is C15H19NO. The maximum atomic E-state index is 12.0. The van der Waals surface area contributed by atoms with Gasteiger partial charge in [-0.2, -0.15) is 0 Å². The van der Waals surface area contributed by atoms with Crippen LogP contribution in [0, 0.1) is 11.8 Å². The molecule has 2 aliphatic rings. The van der Waals surface area contributed by atoms with Crippen molar-refractivity contribution in [3.8, 4) is 0 Å². The Morgan fingerprint density at radius 1 is 1.35 bits per heavy atom. The molecule has 0 unspecified atom stereocenters. The topological polar surface area (TPSA) is 29.1 Å². The lowest BCUT2D eigenvalue weighted by molar-refractivity contribution is 0.0928. The van der Waals surface area contributed by atoms with Crippen LogP contribution in [0.5, 0.6) is 0 Å². The van der Waals surface area contributed by atoms with Gasteiger partial charge in [0.25, 0.3) is 5.91 Å². The van der Waals surface area contributed by atoms with Crippen molar-refractivity contribution < 1.29 is 4.79 Å². The summed E-state index contributed by atoms with van der Waals surface area (Å²) in [6, 6.07) is 8.06. The van der Waals surface area contributed by atoms with Crippen LogP contribution in [-0.4, -0.2) is 5.91 Å². The van der Waals surface area contributed by atoms with Gasteiger partial charge >= 0.3 is 0 Å². The van der Waals surface area contributed by atoms with Gasteiger partial charge in [0, 0.05) is 5.56 Å². The summed E-state index contributed by atoms with van der Waals surface area (Å²) in [4.78, 5) is 12.0. The molecule has 2 heteroatoms. The van der Waals surface area contributed by atoms with Crippen molar-refractivity contribution in [2.45, 2.75) is 38.6 Å². The normalized spacial score (nSPS) is 31.0. The van der Waals surface area contributed by atoms with Crippen LogP contribution >= 0.6 is 0 Å². The molecule has 1 aromatic carbocycles. The number of hydrogen-bond donors (Lipinski definition) is 1. The van der Waals surface area contributed by atoms with E-state index in [-0.39, 0.29) is 11.4 Å². The Morgan fingerprint density at radius 3 is 2.82 bits per heavy atom. The minimum absolute atomic E-state index is 0.0530. The monoisotopic (exact) mass is 229 g/mol. The zero-order chi connectivity index (χ0) is 12.0. The van der Waals surface area contributed by atoms with Crippen LogP contribution in [-0.2, 0) is 5.54 Å². The van der Waals surface area contributed by atoms with Crippen molar-refractivity contribution in [1.82, 2.24) is 5.32 Å². The van der Waals surface area contributed by atoms with Gasteiger partial charge in [-0.3, -0.25) is 4.79 Å². The number of fused-ring (bicyclic) bond motifs is 2. The van der Waals surface area contributed by atoms with Crippen LogP contribution < -0.4 is 5.32 Å². The maximum absolute atomic E-state index is 12.0. The molecule has 1 aromatic rings. The predicted octanol–water partition coefficient (Wildman–Crippen LogP) is 3.08. The molecule has 1 N–H and O–H groups in total. The predicted molar refractivity (Wildman–Crippen MR) is 67.8 cm³/mol. The fourth-order valence-corrected chi connectivity index (χ4v) is 3.46. The third-order valence-corrected chi connectivity index (χ3v) is 4.54. The van der Waals surface area contributed by atoms with Gasteiger partial charge < -0.3 is 5.32 Å². The molecule has 1 fully saturated rings. The van der Waals surface area contributed by atoms with Gasteiger partial charge in [-0.25, -0.2) is 0 Å². The van der Waals surface area contributed by atoms with E-state index < -0.39 is 0 Å². The van der Waals surface area contributed by atoms with E-state index in [1.165, 1.54) is 12.0 Å². The van der Waals surface area contributed by atoms with Gasteiger partial charge in [0.15, 0.2) is 0 Å². The molecule has 2 nitrogen and oxygen atoms in total. The summed E-state index contributed by atoms with van der Waals surface area (Å²) in [7, 11) is 0. The number of carbonyl (C=O) groups is 1. The van der Waals surface area contributed by atoms with E-state index >= 15 is 0 Å². The summed E-state index contributed by atoms with van der Waals surface area (Å²) < 4.78 is 0. The fraction of sp³-hybridized carbons (Fsp3) is 0.533. The molecule has 0 bridgehead atoms. The summed E-state index contributed by atoms with van der Waals surface area (Å²) >= 11 is 0. The van der Waals surface area contributed by atoms with Gasteiger partial charge in [0.1, 0.15) is 0 Å². The highest BCUT2D eigenvalue weighted by Gasteiger charge is 2.47. The van der Waals surface area contributed by atoms with Crippen molar-refractivity contribution in [1.29, 1.82) is 0 Å². The fourth-order valence-electron chi connectivity index (χ4n) is 3.46. The van der Waals surface area contributed by atoms with E-state index in [0.717, 1.165) is 24.3 Å². The molecule has 1 heterocycles. The second-order valence-electron chi connectivity index (χ2n) is 5.83. The highest BCUT2D eigenvalue weighted by molar-refractivity contribution is 6.00. The number of rotatable bonds is 1. The summed E-state index contributed by atoms with van der Waals surface area (Å²) in [5, 5.41) is 3.24. The second kappa shape index (κ2) is 3.59. The molecule has 0 saturated heterocycles. The molecule has 1 aliphatic heterocycles. The van der Waals surface area contributed by atoms with E-state index in [0.29, 0.717) is 5.92 Å². The summed E-state index contributed by atoms with van der Waals surface area (Å²) in [6.45, 7) is 4.57. The molecule has 3 rings (SSSR count). The molecule has 90 valence electrons. The Kier molecular flexibility index (Phi) is 2.29. The molecule has 0 aromatic heterocycles. The standard InChI is InChI=1S/C15H19NO/c1-10(2)11-7-8-15(9-11)13-6-4-3-5-12(13)14(17)16-15/h3-6,10-11H,7-9H2,1-2H3,(H,16,17)/t11-,15-/m1/s1. The zero-order valence-corrected chi connectivity index (χ0v) is 10.5. The van der Waals surface area contributed by atoms with Crippen molar-refractivity contribution in [3.05, 3.63) is 35.4 Å². The van der Waals surface area contributed by atoms with Gasteiger partial charge in [0.05, 0.1) is 5.54 Å². The lowest BCUT2D eigenvalue weighted by atomic mass is 9.86. The van der Waals surface area contributed by atoms with Gasteiger partial charge in [-0.05, 0) is 42.7 Å². The maximum Gasteiger partial charge on any atom is 0.252 e. The number of carbonyl (C=O) groups excluding carboxylic acids is 1. The molecule has 2 atom stereocenters. The Morgan fingerprint density at radius 2 is 2.12 bits per heavy atom. The first-order valence-corrected chi connectivity index (χ1v) is 6.54. The molecule has 0 radical (unpaired) electrons. The summed E-state index contributed by atoms with van der Waals surface area (Å²) in [6.07, 6.45) is 3.43. The van der Waals surface area contributed by atoms with E-state index in [9.17, 15) is 4.79 Å². The minimum Gasteiger partial charge on any atom is -0.342 e. The Balaban J connectivity index is 1.99. The van der Waals surface area contributed by atoms with Crippen LogP contribution in [0.25, 0.3) is 0 Å². The highest BCUT2D eigenvalue weighted by Crippen LogP contribution is 2.48. The van der Waals surface area contributed by atoms with Crippen LogP contribution in [0.4, 0.5) is 0 Å². The average molecular weight is 229 g/mol. The number of amides is 1. The Hall–Kier alpha value is -1.31. The van der Waals surface area contributed by atoms with Gasteiger partial charge in [-0.15, -0.1) is 0 Å². The highest BCUT2D eigenvalue weighted by atomic mass is 16.2. The molecule has 1 aliphatic carbocycles. The lowest BCUT2D eigenvalue weighted by Crippen LogP contribution is -2.37. The van der Waals surface area contributed by atoms with E-state index in [2.05, 4.69) is 25.2 Å². The molecule has 1 amide bonds. The van der Waals surface area contributed by atoms with E-state index in [1.807, 2.05) is 18.2 Å². The molecule has 17 heavy (non-hydrogen) atoms. The quantitative estimate of drug-likeness (QED) is 0.787. The Bertz CT molecular complexity index is 466. The number of hydrogen-bond acceptors (Lipinski definition) is 1. The summed E-state index contributed by atoms with van der Waals surface area (Å²) in [5.74, 6) is 1.56. The van der Waals surface area contributed by atoms with Crippen molar-refractivity contribution in [3.63, 3.8) is 0 Å². The van der Waals surface area contributed by atoms with Crippen LogP contribution in [0.2, 0.25) is 0 Å². The smallest absolute Gasteiger partial charge is 0.252 e. The van der Waals surface area contributed by atoms with Gasteiger partial charge in [-0.1, -0.05) is 32.0 Å². The first kappa shape index (κ1) is 10.8. The van der Waals surface area contributed by atoms with Crippen molar-refractivity contribution in [2.24, 2.45) is 11.8 Å². The largest absolute Gasteiger partial charge is 0.342 e. The zero-order valence-electron chi connectivity index (χ0n) is 10.5. The minimum atomic E-state index is -0.0530. The van der Waals surface area contributed by atoms with Gasteiger partial charge in [0.2, 0.25) is 0 Å². The number of benzene rings is 1. The SMILES string of the molecule is CC(C)[C@@H]1CC[C@]2(C1)NC(=O)c1ccccc12. The van der Waals surface area contributed by atoms with Crippen molar-refractivity contribution in [2.75, 3.05) is 0 Å². The van der Waals surface area contributed by atoms with Crippen LogP contribution in [0.1, 0.15) is 49.0 Å². The second-order valence-corrected chi connectivity index (χ2v) is 5.83. The lowest BCUT2D eigenvalue weighted by Gasteiger charge is -2.26. The first-order chi connectivity index (χ1) is 8.12. The Labute approximate surface area is 102 Å². The van der Waals surface area contributed by atoms with E-state index in [4.69, 9.17) is 0 Å². The van der Waals surface area contributed by atoms with Crippen LogP contribution in [0.3, 0.4) is 0 Å². The molecular weight excluding hydrogens is 210 g/mol. The summed E-state index contributed by atoms with van der Waals surface area (Å²) in [5.41, 5.74) is 2.06. The van der Waals surface area contributed by atoms with Crippen LogP contribution in [0.15, 0.2) is 24.3 Å². The molecule has 1 spiro atoms. The molecule has 1 saturated carbocycles. The third-order valence-electron chi connectivity index (χ3n) is 4.54. The number of nitrogens with one attached hydrogen (secondary N) is 1. The first-order valence-electron chi connectivity index (χ1n) is 6.54. The van der Waals surface area contributed by atoms with Crippen molar-refractivity contribution >= 4 is 5.91 Å².